The van der Waals surface area contributed by atoms with E-state index < -0.39 is 0 Å². The predicted molar refractivity (Wildman–Crippen MR) is 102 cm³/mol. The zero-order chi connectivity index (χ0) is 18.9. The quantitative estimate of drug-likeness (QED) is 0.696. The van der Waals surface area contributed by atoms with Crippen LogP contribution in [0.15, 0.2) is 42.5 Å². The molecule has 3 N–H and O–H groups in total. The fourth-order valence-electron chi connectivity index (χ4n) is 2.18. The lowest BCUT2D eigenvalue weighted by Crippen LogP contribution is -2.24. The molecule has 0 radical (unpaired) electrons. The van der Waals surface area contributed by atoms with Crippen molar-refractivity contribution in [2.45, 2.75) is 13.3 Å². The van der Waals surface area contributed by atoms with Gasteiger partial charge in [0, 0.05) is 23.5 Å². The van der Waals surface area contributed by atoms with Crippen LogP contribution in [0.3, 0.4) is 0 Å². The highest BCUT2D eigenvalue weighted by molar-refractivity contribution is 6.32. The number of amides is 2. The first-order chi connectivity index (χ1) is 12.5. The zero-order valence-electron chi connectivity index (χ0n) is 14.3. The average molecular weight is 371 g/mol. The van der Waals surface area contributed by atoms with Crippen molar-refractivity contribution in [2.24, 2.45) is 0 Å². The van der Waals surface area contributed by atoms with Crippen molar-refractivity contribution in [3.8, 4) is 6.07 Å². The van der Waals surface area contributed by atoms with E-state index in [1.54, 1.807) is 36.4 Å². The van der Waals surface area contributed by atoms with Crippen molar-refractivity contribution in [3.63, 3.8) is 0 Å². The summed E-state index contributed by atoms with van der Waals surface area (Å²) in [4.78, 5) is 24.0. The van der Waals surface area contributed by atoms with Crippen molar-refractivity contribution in [3.05, 3.63) is 58.6 Å². The standard InChI is InChI=1S/C19H19ClN4O2/c1-2-8-22-19(26)13-4-3-5-15(9-13)23-12-18(25)24-16-7-6-14(11-21)17(20)10-16/h3-7,9-10,23H,2,8,12H2,1H3,(H,22,26)(H,24,25). The SMILES string of the molecule is CCCNC(=O)c1cccc(NCC(=O)Nc2ccc(C#N)c(Cl)c2)c1. The molecule has 0 saturated heterocycles. The maximum Gasteiger partial charge on any atom is 0.251 e. The number of nitrogens with zero attached hydrogens (tertiary/aromatic N) is 1. The molecule has 2 rings (SSSR count). The van der Waals surface area contributed by atoms with Crippen LogP contribution >= 0.6 is 11.6 Å². The van der Waals surface area contributed by atoms with E-state index in [1.165, 1.54) is 6.07 Å². The first kappa shape index (κ1) is 19.3. The van der Waals surface area contributed by atoms with E-state index in [9.17, 15) is 9.59 Å². The normalized spacial score (nSPS) is 9.88. The zero-order valence-corrected chi connectivity index (χ0v) is 15.1. The van der Waals surface area contributed by atoms with Crippen molar-refractivity contribution in [1.82, 2.24) is 5.32 Å². The number of hydrogen-bond acceptors (Lipinski definition) is 4. The molecule has 2 amide bonds. The number of hydrogen-bond donors (Lipinski definition) is 3. The highest BCUT2D eigenvalue weighted by Crippen LogP contribution is 2.20. The Morgan fingerprint density at radius 3 is 2.65 bits per heavy atom. The van der Waals surface area contributed by atoms with Crippen molar-refractivity contribution in [2.75, 3.05) is 23.7 Å². The smallest absolute Gasteiger partial charge is 0.251 e. The van der Waals surface area contributed by atoms with Crippen LogP contribution in [-0.4, -0.2) is 24.9 Å². The van der Waals surface area contributed by atoms with E-state index in [0.717, 1.165) is 6.42 Å². The Bertz CT molecular complexity index is 846. The minimum Gasteiger partial charge on any atom is -0.376 e. The molecule has 0 heterocycles. The molecule has 0 aliphatic carbocycles. The number of carbonyl (C=O) groups is 2. The molecule has 6 nitrogen and oxygen atoms in total. The molecule has 0 bridgehead atoms. The highest BCUT2D eigenvalue weighted by Gasteiger charge is 2.08. The van der Waals surface area contributed by atoms with Gasteiger partial charge in [0.2, 0.25) is 5.91 Å². The maximum absolute atomic E-state index is 12.1. The van der Waals surface area contributed by atoms with Gasteiger partial charge < -0.3 is 16.0 Å². The van der Waals surface area contributed by atoms with Gasteiger partial charge >= 0.3 is 0 Å². The van der Waals surface area contributed by atoms with Gasteiger partial charge in [0.05, 0.1) is 17.1 Å². The Hall–Kier alpha value is -3.04. The summed E-state index contributed by atoms with van der Waals surface area (Å²) in [5.74, 6) is -0.418. The molecule has 7 heteroatoms. The van der Waals surface area contributed by atoms with Crippen LogP contribution in [0, 0.1) is 11.3 Å². The third-order valence-electron chi connectivity index (χ3n) is 3.49. The lowest BCUT2D eigenvalue weighted by Gasteiger charge is -2.10. The van der Waals surface area contributed by atoms with Gasteiger partial charge in [-0.3, -0.25) is 9.59 Å². The predicted octanol–water partition coefficient (Wildman–Crippen LogP) is 3.40. The summed E-state index contributed by atoms with van der Waals surface area (Å²) in [6.45, 7) is 2.63. The van der Waals surface area contributed by atoms with Crippen LogP contribution in [0.1, 0.15) is 29.3 Å². The van der Waals surface area contributed by atoms with Gasteiger partial charge in [0.15, 0.2) is 0 Å². The summed E-state index contributed by atoms with van der Waals surface area (Å²) in [6, 6.07) is 13.6. The van der Waals surface area contributed by atoms with E-state index in [1.807, 2.05) is 13.0 Å². The van der Waals surface area contributed by atoms with Crippen molar-refractivity contribution < 1.29 is 9.59 Å². The molecule has 0 atom stereocenters. The number of rotatable bonds is 7. The first-order valence-electron chi connectivity index (χ1n) is 8.15. The number of nitriles is 1. The third kappa shape index (κ3) is 5.50. The molecule has 0 aromatic heterocycles. The lowest BCUT2D eigenvalue weighted by atomic mass is 10.2. The van der Waals surface area contributed by atoms with E-state index >= 15 is 0 Å². The molecule has 2 aromatic carbocycles. The fraction of sp³-hybridized carbons (Fsp3) is 0.211. The van der Waals surface area contributed by atoms with Crippen LogP contribution in [0.2, 0.25) is 5.02 Å². The number of carbonyl (C=O) groups excluding carboxylic acids is 2. The summed E-state index contributed by atoms with van der Waals surface area (Å²) in [7, 11) is 0. The van der Waals surface area contributed by atoms with Crippen molar-refractivity contribution >= 4 is 34.8 Å². The second-order valence-corrected chi connectivity index (χ2v) is 5.95. The summed E-state index contributed by atoms with van der Waals surface area (Å²) in [6.07, 6.45) is 0.864. The molecule has 26 heavy (non-hydrogen) atoms. The van der Waals surface area contributed by atoms with Gasteiger partial charge in [0.1, 0.15) is 6.07 Å². The summed E-state index contributed by atoms with van der Waals surface area (Å²) in [5.41, 5.74) is 2.05. The molecule has 0 aliphatic rings. The third-order valence-corrected chi connectivity index (χ3v) is 3.80. The summed E-state index contributed by atoms with van der Waals surface area (Å²) < 4.78 is 0. The maximum atomic E-state index is 12.1. The molecular weight excluding hydrogens is 352 g/mol. The van der Waals surface area contributed by atoms with Crippen LogP contribution in [0.5, 0.6) is 0 Å². The second-order valence-electron chi connectivity index (χ2n) is 5.54. The summed E-state index contributed by atoms with van der Waals surface area (Å²) >= 11 is 5.94. The average Bonchev–Trinajstić information content (AvgIpc) is 2.65. The Kier molecular flexibility index (Phi) is 7.01. The summed E-state index contributed by atoms with van der Waals surface area (Å²) in [5, 5.41) is 17.6. The lowest BCUT2D eigenvalue weighted by molar-refractivity contribution is -0.114. The van der Waals surface area contributed by atoms with Gasteiger partial charge in [-0.25, -0.2) is 0 Å². The molecule has 2 aromatic rings. The van der Waals surface area contributed by atoms with Gasteiger partial charge in [0.25, 0.3) is 5.91 Å². The Morgan fingerprint density at radius 1 is 1.15 bits per heavy atom. The van der Waals surface area contributed by atoms with E-state index in [4.69, 9.17) is 16.9 Å². The van der Waals surface area contributed by atoms with E-state index in [2.05, 4.69) is 16.0 Å². The van der Waals surface area contributed by atoms with Gasteiger partial charge in [-0.15, -0.1) is 0 Å². The second kappa shape index (κ2) is 9.44. The van der Waals surface area contributed by atoms with Gasteiger partial charge in [-0.05, 0) is 42.8 Å². The molecule has 0 aliphatic heterocycles. The molecule has 0 fully saturated rings. The minimum atomic E-state index is -0.272. The molecule has 0 unspecified atom stereocenters. The Labute approximate surface area is 157 Å². The number of halogens is 1. The Morgan fingerprint density at radius 2 is 1.96 bits per heavy atom. The highest BCUT2D eigenvalue weighted by atomic mass is 35.5. The van der Waals surface area contributed by atoms with Crippen LogP contribution in [0.4, 0.5) is 11.4 Å². The van der Waals surface area contributed by atoms with Crippen LogP contribution < -0.4 is 16.0 Å². The van der Waals surface area contributed by atoms with Crippen LogP contribution in [0.25, 0.3) is 0 Å². The fourth-order valence-corrected chi connectivity index (χ4v) is 2.40. The monoisotopic (exact) mass is 370 g/mol. The molecular formula is C19H19ClN4O2. The number of benzene rings is 2. The van der Waals surface area contributed by atoms with Gasteiger partial charge in [-0.1, -0.05) is 24.6 Å². The van der Waals surface area contributed by atoms with Crippen LogP contribution in [-0.2, 0) is 4.79 Å². The molecule has 0 spiro atoms. The first-order valence-corrected chi connectivity index (χ1v) is 8.53. The topological polar surface area (TPSA) is 94.0 Å². The van der Waals surface area contributed by atoms with Gasteiger partial charge in [-0.2, -0.15) is 5.26 Å². The number of anilines is 2. The van der Waals surface area contributed by atoms with E-state index in [-0.39, 0.29) is 23.4 Å². The molecule has 134 valence electrons. The largest absolute Gasteiger partial charge is 0.376 e. The van der Waals surface area contributed by atoms with E-state index in [0.29, 0.717) is 29.0 Å². The molecule has 0 saturated carbocycles. The minimum absolute atomic E-state index is 0.0254. The Balaban J connectivity index is 1.92. The van der Waals surface area contributed by atoms with Crippen molar-refractivity contribution in [1.29, 1.82) is 5.26 Å². The number of nitrogens with one attached hydrogen (secondary N) is 3.